The number of carbonyl (C=O) groups excluding carboxylic acids is 1. The molecule has 1 atom stereocenters. The van der Waals surface area contributed by atoms with Crippen molar-refractivity contribution < 1.29 is 23.1 Å². The van der Waals surface area contributed by atoms with Crippen LogP contribution in [-0.2, 0) is 13.6 Å². The van der Waals surface area contributed by atoms with Gasteiger partial charge in [0.1, 0.15) is 5.75 Å². The third-order valence-electron chi connectivity index (χ3n) is 5.25. The number of benzene rings is 2. The molecule has 0 fully saturated rings. The van der Waals surface area contributed by atoms with E-state index in [1.807, 2.05) is 26.0 Å². The van der Waals surface area contributed by atoms with Crippen molar-refractivity contribution in [3.63, 3.8) is 0 Å². The summed E-state index contributed by atoms with van der Waals surface area (Å²) in [5.41, 5.74) is 2.45. The van der Waals surface area contributed by atoms with Crippen molar-refractivity contribution in [2.45, 2.75) is 33.5 Å². The van der Waals surface area contributed by atoms with E-state index in [1.54, 1.807) is 66.9 Å². The van der Waals surface area contributed by atoms with Crippen molar-refractivity contribution in [3.05, 3.63) is 83.2 Å². The molecule has 4 aromatic rings. The van der Waals surface area contributed by atoms with Crippen LogP contribution in [0.25, 0.3) is 5.78 Å². The van der Waals surface area contributed by atoms with Gasteiger partial charge in [-0.1, -0.05) is 42.5 Å². The van der Waals surface area contributed by atoms with E-state index in [0.29, 0.717) is 11.3 Å². The number of nitrogens with one attached hydrogen (secondary N) is 1. The highest BCUT2D eigenvalue weighted by Crippen LogP contribution is 2.59. The summed E-state index contributed by atoms with van der Waals surface area (Å²) < 4.78 is 32.3. The van der Waals surface area contributed by atoms with Gasteiger partial charge in [-0.3, -0.25) is 9.36 Å². The van der Waals surface area contributed by atoms with Crippen molar-refractivity contribution in [1.29, 1.82) is 0 Å². The van der Waals surface area contributed by atoms with Gasteiger partial charge in [0.25, 0.3) is 11.7 Å². The second kappa shape index (κ2) is 11.0. The predicted molar refractivity (Wildman–Crippen MR) is 134 cm³/mol. The van der Waals surface area contributed by atoms with Crippen LogP contribution in [0.2, 0.25) is 0 Å². The topological polar surface area (TPSA) is 117 Å². The average molecular weight is 510 g/mol. The molecule has 0 saturated heterocycles. The number of aryl methyl sites for hydroxylation is 2. The summed E-state index contributed by atoms with van der Waals surface area (Å²) in [6.45, 7) is 7.51. The SMILES string of the molecule is CCOP(=O)(OCC)C(NC(=O)c1ccccc1Oc1nc2nc(C)cc(C)n2n1)c1ccccc1. The molecule has 1 unspecified atom stereocenters. The fourth-order valence-electron chi connectivity index (χ4n) is 3.76. The molecule has 1 amide bonds. The molecule has 0 bridgehead atoms. The van der Waals surface area contributed by atoms with Gasteiger partial charge in [0.05, 0.1) is 18.8 Å². The monoisotopic (exact) mass is 509 g/mol. The molecular formula is C25H28N5O5P. The van der Waals surface area contributed by atoms with Gasteiger partial charge in [0, 0.05) is 11.4 Å². The van der Waals surface area contributed by atoms with Crippen molar-refractivity contribution in [2.75, 3.05) is 13.2 Å². The first-order valence-corrected chi connectivity index (χ1v) is 13.2. The number of amides is 1. The zero-order valence-electron chi connectivity index (χ0n) is 20.5. The van der Waals surface area contributed by atoms with Crippen LogP contribution >= 0.6 is 7.60 Å². The molecule has 2 heterocycles. The molecule has 4 rings (SSSR count). The Morgan fingerprint density at radius 3 is 2.36 bits per heavy atom. The summed E-state index contributed by atoms with van der Waals surface area (Å²) in [5, 5.41) is 7.19. The molecule has 36 heavy (non-hydrogen) atoms. The lowest BCUT2D eigenvalue weighted by Crippen LogP contribution is -2.30. The molecule has 0 aliphatic rings. The minimum absolute atomic E-state index is 0.0466. The third kappa shape index (κ3) is 5.46. The van der Waals surface area contributed by atoms with Crippen LogP contribution in [0.15, 0.2) is 60.7 Å². The van der Waals surface area contributed by atoms with Gasteiger partial charge in [0.15, 0.2) is 5.78 Å². The van der Waals surface area contributed by atoms with Crippen molar-refractivity contribution in [3.8, 4) is 11.8 Å². The smallest absolute Gasteiger partial charge is 0.357 e. The van der Waals surface area contributed by atoms with E-state index in [1.165, 1.54) is 0 Å². The molecule has 0 radical (unpaired) electrons. The number of nitrogens with zero attached hydrogens (tertiary/aromatic N) is 4. The number of ether oxygens (including phenoxy) is 1. The van der Waals surface area contributed by atoms with Crippen molar-refractivity contribution in [2.24, 2.45) is 0 Å². The van der Waals surface area contributed by atoms with Gasteiger partial charge in [-0.2, -0.15) is 9.50 Å². The number of hydrogen-bond acceptors (Lipinski definition) is 8. The van der Waals surface area contributed by atoms with Crippen LogP contribution in [-0.4, -0.2) is 38.7 Å². The van der Waals surface area contributed by atoms with Crippen molar-refractivity contribution in [1.82, 2.24) is 24.9 Å². The maximum atomic E-state index is 13.7. The van der Waals surface area contributed by atoms with Gasteiger partial charge in [-0.05, 0) is 51.5 Å². The summed E-state index contributed by atoms with van der Waals surface area (Å²) >= 11 is 0. The fourth-order valence-corrected chi connectivity index (χ4v) is 5.67. The van der Waals surface area contributed by atoms with Crippen LogP contribution in [0.3, 0.4) is 0 Å². The predicted octanol–water partition coefficient (Wildman–Crippen LogP) is 5.23. The molecule has 10 nitrogen and oxygen atoms in total. The highest BCUT2D eigenvalue weighted by atomic mass is 31.2. The molecule has 2 aromatic carbocycles. The Kier molecular flexibility index (Phi) is 7.79. The summed E-state index contributed by atoms with van der Waals surface area (Å²) in [7, 11) is -3.75. The summed E-state index contributed by atoms with van der Waals surface area (Å²) in [6.07, 6.45) is 0. The third-order valence-corrected chi connectivity index (χ3v) is 7.55. The van der Waals surface area contributed by atoms with Crippen LogP contribution in [0.5, 0.6) is 11.8 Å². The first-order valence-electron chi connectivity index (χ1n) is 11.6. The fraction of sp³-hybridized carbons (Fsp3) is 0.280. The molecular weight excluding hydrogens is 481 g/mol. The second-order valence-electron chi connectivity index (χ2n) is 7.91. The lowest BCUT2D eigenvalue weighted by atomic mass is 10.1. The highest BCUT2D eigenvalue weighted by molar-refractivity contribution is 7.54. The normalized spacial score (nSPS) is 12.4. The van der Waals surface area contributed by atoms with E-state index in [4.69, 9.17) is 13.8 Å². The molecule has 0 aliphatic carbocycles. The van der Waals surface area contributed by atoms with E-state index in [9.17, 15) is 9.36 Å². The Morgan fingerprint density at radius 2 is 1.67 bits per heavy atom. The zero-order valence-corrected chi connectivity index (χ0v) is 21.4. The molecule has 2 aromatic heterocycles. The Bertz CT molecular complexity index is 1400. The van der Waals surface area contributed by atoms with Crippen LogP contribution < -0.4 is 10.1 Å². The van der Waals surface area contributed by atoms with Crippen LogP contribution in [0.1, 0.15) is 46.9 Å². The maximum absolute atomic E-state index is 13.7. The lowest BCUT2D eigenvalue weighted by molar-refractivity contribution is 0.0934. The average Bonchev–Trinajstić information content (AvgIpc) is 3.26. The number of rotatable bonds is 10. The minimum Gasteiger partial charge on any atom is -0.422 e. The first kappa shape index (κ1) is 25.5. The van der Waals surface area contributed by atoms with E-state index in [-0.39, 0.29) is 30.5 Å². The van der Waals surface area contributed by atoms with Gasteiger partial charge in [-0.25, -0.2) is 4.98 Å². The molecule has 188 valence electrons. The largest absolute Gasteiger partial charge is 0.422 e. The summed E-state index contributed by atoms with van der Waals surface area (Å²) in [5.74, 6) is -0.923. The Labute approximate surface area is 209 Å². The summed E-state index contributed by atoms with van der Waals surface area (Å²) in [4.78, 5) is 22.2. The van der Waals surface area contributed by atoms with E-state index < -0.39 is 19.3 Å². The molecule has 0 spiro atoms. The number of aromatic nitrogens is 4. The second-order valence-corrected chi connectivity index (χ2v) is 10.0. The van der Waals surface area contributed by atoms with Crippen LogP contribution in [0, 0.1) is 13.8 Å². The number of hydrogen-bond donors (Lipinski definition) is 1. The number of para-hydroxylation sites is 1. The highest BCUT2D eigenvalue weighted by Gasteiger charge is 2.38. The van der Waals surface area contributed by atoms with Crippen LogP contribution in [0.4, 0.5) is 0 Å². The Balaban J connectivity index is 1.66. The van der Waals surface area contributed by atoms with Gasteiger partial charge in [0.2, 0.25) is 0 Å². The number of fused-ring (bicyclic) bond motifs is 1. The minimum atomic E-state index is -3.75. The molecule has 0 saturated carbocycles. The van der Waals surface area contributed by atoms with Gasteiger partial charge < -0.3 is 19.1 Å². The number of carbonyl (C=O) groups is 1. The molecule has 11 heteroatoms. The zero-order chi connectivity index (χ0) is 25.7. The lowest BCUT2D eigenvalue weighted by Gasteiger charge is -2.27. The molecule has 0 aliphatic heterocycles. The molecule has 1 N–H and O–H groups in total. The summed E-state index contributed by atoms with van der Waals surface area (Å²) in [6, 6.07) is 17.5. The maximum Gasteiger partial charge on any atom is 0.357 e. The quantitative estimate of drug-likeness (QED) is 0.289. The first-order chi connectivity index (χ1) is 17.3. The Morgan fingerprint density at radius 1 is 1.00 bits per heavy atom. The van der Waals surface area contributed by atoms with E-state index in [0.717, 1.165) is 11.4 Å². The van der Waals surface area contributed by atoms with E-state index in [2.05, 4.69) is 20.4 Å². The van der Waals surface area contributed by atoms with E-state index >= 15 is 0 Å². The van der Waals surface area contributed by atoms with Crippen molar-refractivity contribution >= 4 is 19.3 Å². The Hall–Kier alpha value is -3.59. The standard InChI is InChI=1S/C25H28N5O5P/c1-5-33-36(32,34-6-2)23(19-12-8-7-9-13-19)27-22(31)20-14-10-11-15-21(20)35-25-28-24-26-17(3)16-18(4)30(24)29-25/h7-16,23H,5-6H2,1-4H3,(H,27,31). The van der Waals surface area contributed by atoms with Gasteiger partial charge in [-0.15, -0.1) is 5.10 Å². The van der Waals surface area contributed by atoms with Gasteiger partial charge >= 0.3 is 13.6 Å².